The summed E-state index contributed by atoms with van der Waals surface area (Å²) < 4.78 is 13.1. The summed E-state index contributed by atoms with van der Waals surface area (Å²) in [5.41, 5.74) is 3.71. The van der Waals surface area contributed by atoms with E-state index in [4.69, 9.17) is 14.6 Å². The van der Waals surface area contributed by atoms with Crippen LogP contribution in [0, 0.1) is 12.8 Å². The average Bonchev–Trinajstić information content (AvgIpc) is 3.54. The summed E-state index contributed by atoms with van der Waals surface area (Å²) in [6.07, 6.45) is 0.923. The molecule has 2 aromatic carbocycles. The maximum absolute atomic E-state index is 13.9. The zero-order chi connectivity index (χ0) is 26.6. The van der Waals surface area contributed by atoms with Crippen molar-refractivity contribution in [1.29, 1.82) is 0 Å². The van der Waals surface area contributed by atoms with Crippen LogP contribution in [-0.4, -0.2) is 71.5 Å². The molecule has 3 aromatic rings. The van der Waals surface area contributed by atoms with Gasteiger partial charge in [-0.3, -0.25) is 4.79 Å². The summed E-state index contributed by atoms with van der Waals surface area (Å²) in [5, 5.41) is 5.01. The van der Waals surface area contributed by atoms with E-state index in [1.165, 1.54) is 0 Å². The molecule has 8 heteroatoms. The number of rotatable bonds is 9. The molecule has 202 valence electrons. The van der Waals surface area contributed by atoms with Crippen LogP contribution >= 0.6 is 0 Å². The number of benzene rings is 2. The first-order valence-corrected chi connectivity index (χ1v) is 13.7. The van der Waals surface area contributed by atoms with Crippen LogP contribution in [0.5, 0.6) is 11.5 Å². The first kappa shape index (κ1) is 26.1. The predicted molar refractivity (Wildman–Crippen MR) is 149 cm³/mol. The van der Waals surface area contributed by atoms with Crippen molar-refractivity contribution in [2.75, 3.05) is 51.0 Å². The van der Waals surface area contributed by atoms with Gasteiger partial charge in [0.15, 0.2) is 11.5 Å². The van der Waals surface area contributed by atoms with Crippen molar-refractivity contribution in [1.82, 2.24) is 19.6 Å². The average molecular weight is 518 g/mol. The number of hydrogen-bond donors (Lipinski definition) is 0. The van der Waals surface area contributed by atoms with Gasteiger partial charge in [-0.15, -0.1) is 0 Å². The normalized spacial score (nSPS) is 15.3. The third-order valence-corrected chi connectivity index (χ3v) is 7.51. The molecule has 38 heavy (non-hydrogen) atoms. The van der Waals surface area contributed by atoms with Crippen molar-refractivity contribution in [2.24, 2.45) is 5.92 Å². The Hall–Kier alpha value is -3.52. The zero-order valence-corrected chi connectivity index (χ0v) is 23.0. The van der Waals surface area contributed by atoms with Crippen molar-refractivity contribution in [3.8, 4) is 17.2 Å². The predicted octanol–water partition coefficient (Wildman–Crippen LogP) is 4.74. The van der Waals surface area contributed by atoms with Crippen LogP contribution in [0.2, 0.25) is 0 Å². The second kappa shape index (κ2) is 11.5. The van der Waals surface area contributed by atoms with E-state index in [-0.39, 0.29) is 12.7 Å². The molecule has 0 spiro atoms. The lowest BCUT2D eigenvalue weighted by molar-refractivity contribution is 0.0735. The Morgan fingerprint density at radius 1 is 1.03 bits per heavy atom. The number of carbonyl (C=O) groups excluding carboxylic acids is 1. The fourth-order valence-corrected chi connectivity index (χ4v) is 5.15. The molecule has 8 nitrogen and oxygen atoms in total. The number of para-hydroxylation sites is 1. The van der Waals surface area contributed by atoms with E-state index in [0.717, 1.165) is 61.9 Å². The molecule has 0 bridgehead atoms. The molecule has 0 unspecified atom stereocenters. The number of piperazine rings is 1. The fourth-order valence-electron chi connectivity index (χ4n) is 5.15. The highest BCUT2D eigenvalue weighted by Crippen LogP contribution is 2.34. The van der Waals surface area contributed by atoms with Crippen molar-refractivity contribution < 1.29 is 14.3 Å². The van der Waals surface area contributed by atoms with E-state index in [9.17, 15) is 4.79 Å². The number of likely N-dealkylation sites (N-methyl/N-ethyl adjacent to an activating group) is 1. The highest BCUT2D eigenvalue weighted by atomic mass is 16.7. The molecule has 2 aliphatic rings. The van der Waals surface area contributed by atoms with Crippen molar-refractivity contribution >= 4 is 11.7 Å². The maximum atomic E-state index is 13.9. The molecule has 1 amide bonds. The van der Waals surface area contributed by atoms with Gasteiger partial charge >= 0.3 is 0 Å². The van der Waals surface area contributed by atoms with Crippen LogP contribution in [0.1, 0.15) is 48.8 Å². The summed E-state index contributed by atoms with van der Waals surface area (Å²) in [4.78, 5) is 20.8. The maximum Gasteiger partial charge on any atom is 0.254 e. The molecule has 0 saturated carbocycles. The SMILES string of the molecule is CCN1CCN(c2c(CN(CCC(C)C)C(=O)c3ccc4c(c3)OCO4)c(C)nn2-c2ccccc2)CC1. The number of anilines is 1. The van der Waals surface area contributed by atoms with Gasteiger partial charge in [0, 0.05) is 43.9 Å². The number of amides is 1. The number of aromatic nitrogens is 2. The van der Waals surface area contributed by atoms with Gasteiger partial charge in [-0.05, 0) is 56.1 Å². The molecule has 0 radical (unpaired) electrons. The number of ether oxygens (including phenoxy) is 2. The van der Waals surface area contributed by atoms with Crippen molar-refractivity contribution in [3.05, 3.63) is 65.4 Å². The van der Waals surface area contributed by atoms with Gasteiger partial charge in [0.1, 0.15) is 5.82 Å². The first-order valence-electron chi connectivity index (χ1n) is 13.7. The quantitative estimate of drug-likeness (QED) is 0.409. The lowest BCUT2D eigenvalue weighted by atomic mass is 10.1. The minimum absolute atomic E-state index is 0.00226. The van der Waals surface area contributed by atoms with Crippen molar-refractivity contribution in [3.63, 3.8) is 0 Å². The standard InChI is InChI=1S/C30H39N5O3/c1-5-32-15-17-33(18-16-32)29-26(23(4)31-35(29)25-9-7-6-8-10-25)20-34(14-13-22(2)3)30(36)24-11-12-27-28(19-24)38-21-37-27/h6-12,19,22H,5,13-18,20-21H2,1-4H3. The lowest BCUT2D eigenvalue weighted by Crippen LogP contribution is -2.47. The Balaban J connectivity index is 1.51. The minimum atomic E-state index is -0.00226. The number of aryl methyl sites for hydroxylation is 1. The molecule has 0 N–H and O–H groups in total. The summed E-state index contributed by atoms with van der Waals surface area (Å²) in [5.74, 6) is 2.89. The Kier molecular flexibility index (Phi) is 7.88. The van der Waals surface area contributed by atoms with Crippen molar-refractivity contribution in [2.45, 2.75) is 40.7 Å². The van der Waals surface area contributed by atoms with Crippen LogP contribution < -0.4 is 14.4 Å². The number of nitrogens with zero attached hydrogens (tertiary/aromatic N) is 5. The lowest BCUT2D eigenvalue weighted by Gasteiger charge is -2.36. The molecule has 2 aliphatic heterocycles. The molecule has 1 fully saturated rings. The van der Waals surface area contributed by atoms with E-state index < -0.39 is 0 Å². The van der Waals surface area contributed by atoms with Gasteiger partial charge in [-0.1, -0.05) is 39.0 Å². The van der Waals surface area contributed by atoms with E-state index in [2.05, 4.69) is 54.3 Å². The largest absolute Gasteiger partial charge is 0.454 e. The summed E-state index contributed by atoms with van der Waals surface area (Å²) in [6.45, 7) is 15.0. The van der Waals surface area contributed by atoms with E-state index in [1.807, 2.05) is 35.2 Å². The second-order valence-electron chi connectivity index (χ2n) is 10.5. The molecule has 0 atom stereocenters. The Labute approximate surface area is 225 Å². The molecule has 5 rings (SSSR count). The second-order valence-corrected chi connectivity index (χ2v) is 10.5. The highest BCUT2D eigenvalue weighted by molar-refractivity contribution is 5.95. The Morgan fingerprint density at radius 2 is 1.76 bits per heavy atom. The van der Waals surface area contributed by atoms with E-state index >= 15 is 0 Å². The Bertz CT molecular complexity index is 1250. The number of fused-ring (bicyclic) bond motifs is 1. The first-order chi connectivity index (χ1) is 18.4. The van der Waals surface area contributed by atoms with Crippen LogP contribution in [0.15, 0.2) is 48.5 Å². The van der Waals surface area contributed by atoms with Crippen LogP contribution in [0.4, 0.5) is 5.82 Å². The fraction of sp³-hybridized carbons (Fsp3) is 0.467. The monoisotopic (exact) mass is 517 g/mol. The van der Waals surface area contributed by atoms with Gasteiger partial charge in [-0.25, -0.2) is 4.68 Å². The summed E-state index contributed by atoms with van der Waals surface area (Å²) in [7, 11) is 0. The highest BCUT2D eigenvalue weighted by Gasteiger charge is 2.28. The van der Waals surface area contributed by atoms with Crippen LogP contribution in [0.25, 0.3) is 5.69 Å². The van der Waals surface area contributed by atoms with Crippen LogP contribution in [-0.2, 0) is 6.54 Å². The van der Waals surface area contributed by atoms with Gasteiger partial charge in [0.05, 0.1) is 17.9 Å². The third-order valence-electron chi connectivity index (χ3n) is 7.51. The van der Waals surface area contributed by atoms with Gasteiger partial charge in [0.2, 0.25) is 6.79 Å². The third kappa shape index (κ3) is 5.50. The molecule has 0 aliphatic carbocycles. The topological polar surface area (TPSA) is 63.1 Å². The van der Waals surface area contributed by atoms with Gasteiger partial charge < -0.3 is 24.2 Å². The van der Waals surface area contributed by atoms with Crippen LogP contribution in [0.3, 0.4) is 0 Å². The van der Waals surface area contributed by atoms with Gasteiger partial charge in [0.25, 0.3) is 5.91 Å². The Morgan fingerprint density at radius 3 is 2.47 bits per heavy atom. The molecule has 1 aromatic heterocycles. The van der Waals surface area contributed by atoms with E-state index in [0.29, 0.717) is 36.1 Å². The summed E-state index contributed by atoms with van der Waals surface area (Å²) >= 11 is 0. The number of carbonyl (C=O) groups is 1. The summed E-state index contributed by atoms with van der Waals surface area (Å²) in [6, 6.07) is 15.8. The molecular weight excluding hydrogens is 478 g/mol. The molecule has 1 saturated heterocycles. The smallest absolute Gasteiger partial charge is 0.254 e. The molecule has 3 heterocycles. The number of hydrogen-bond acceptors (Lipinski definition) is 6. The van der Waals surface area contributed by atoms with E-state index in [1.54, 1.807) is 6.07 Å². The van der Waals surface area contributed by atoms with Gasteiger partial charge in [-0.2, -0.15) is 5.10 Å². The minimum Gasteiger partial charge on any atom is -0.454 e. The molecular formula is C30H39N5O3. The zero-order valence-electron chi connectivity index (χ0n) is 23.0.